The SMILES string of the molecule is [C-]#[O+].[C-]#[O+].[C-]#[O+].[C-]#[O+].[C-]#[O+].[C-]#[O+].[C-]#[O+].[C-]#[O+].[C-]#[O+].[C-]#[O+].[C-]#[O+].[C-]#[O+].[CH]1[CH][CH][CH][CH]1.[CH]1[CH][CH][CH][CH]1.[CH]1[CH][CH][CH][CH]1.[CH]1[CH][CH][CH][CH]1.[Cr].[Cr].[Cr].[Cr].[Sb][S][Sb]. The van der Waals surface area contributed by atoms with Crippen molar-refractivity contribution in [3.8, 4) is 0 Å². The summed E-state index contributed by atoms with van der Waals surface area (Å²) in [7, 11) is 0. The number of hydrogen-bond donors (Lipinski definition) is 0. The molecule has 0 aromatic heterocycles. The van der Waals surface area contributed by atoms with Gasteiger partial charge in [0.1, 0.15) is 0 Å². The van der Waals surface area contributed by atoms with Crippen molar-refractivity contribution >= 4 is 49.2 Å². The van der Waals surface area contributed by atoms with Gasteiger partial charge in [0.2, 0.25) is 0 Å². The van der Waals surface area contributed by atoms with Gasteiger partial charge in [-0.15, -0.1) is 0 Å². The summed E-state index contributed by atoms with van der Waals surface area (Å²) in [4.78, 5) is 0. The quantitative estimate of drug-likeness (QED) is 0.198. The topological polar surface area (TPSA) is 239 Å². The molecule has 24 radical (unpaired) electrons. The van der Waals surface area contributed by atoms with Crippen LogP contribution in [0.25, 0.3) is 0 Å². The molecule has 0 N–H and O–H groups in total. The monoisotopic (exact) mass is 1080 g/mol. The van der Waals surface area contributed by atoms with Gasteiger partial charge in [-0.25, -0.2) is 0 Å². The second-order valence-electron chi connectivity index (χ2n) is 3.93. The minimum absolute atomic E-state index is 0. The summed E-state index contributed by atoms with van der Waals surface area (Å²) in [5.74, 6) is 1.85. The molecule has 51 heavy (non-hydrogen) atoms. The van der Waals surface area contributed by atoms with Crippen molar-refractivity contribution < 1.29 is 125 Å². The predicted molar refractivity (Wildman–Crippen MR) is 152 cm³/mol. The first kappa shape index (κ1) is 110. The van der Waals surface area contributed by atoms with Crippen molar-refractivity contribution in [2.24, 2.45) is 0 Å². The Morgan fingerprint density at radius 2 is 0.216 bits per heavy atom. The molecule has 0 heterocycles. The molecule has 0 atom stereocenters. The molecule has 0 aromatic rings. The summed E-state index contributed by atoms with van der Waals surface area (Å²) in [5.41, 5.74) is 0. The molecule has 0 aliphatic heterocycles. The van der Waals surface area contributed by atoms with Crippen LogP contribution in [0.4, 0.5) is 0 Å². The van der Waals surface area contributed by atoms with Crippen LogP contribution in [0.1, 0.15) is 0 Å². The Labute approximate surface area is 378 Å². The molecule has 0 amide bonds. The summed E-state index contributed by atoms with van der Waals surface area (Å²) < 4.78 is 90.0. The van der Waals surface area contributed by atoms with E-state index in [1.807, 2.05) is 134 Å². The molecule has 0 spiro atoms. The van der Waals surface area contributed by atoms with Gasteiger partial charge in [0.25, 0.3) is 0 Å². The van der Waals surface area contributed by atoms with Gasteiger partial charge < -0.3 is 0 Å². The van der Waals surface area contributed by atoms with E-state index in [1.165, 1.54) is 0 Å². The van der Waals surface area contributed by atoms with Gasteiger partial charge in [-0.2, -0.15) is 0 Å². The van der Waals surface area contributed by atoms with E-state index in [1.54, 1.807) is 43.2 Å². The molecule has 4 rings (SSSR count). The summed E-state index contributed by atoms with van der Waals surface area (Å²) in [6, 6.07) is 0. The first-order chi connectivity index (χ1) is 23.4. The fraction of sp³-hybridized carbons (Fsp3) is 0. The average molecular weight is 1080 g/mol. The Morgan fingerprint density at radius 1 is 0.196 bits per heavy atom. The van der Waals surface area contributed by atoms with Gasteiger partial charge in [-0.1, -0.05) is 0 Å². The van der Waals surface area contributed by atoms with Crippen molar-refractivity contribution in [2.75, 3.05) is 0 Å². The Hall–Kier alpha value is 0.996. The van der Waals surface area contributed by atoms with Gasteiger partial charge in [0.15, 0.2) is 0 Å². The first-order valence-electron chi connectivity index (χ1n) is 9.48. The molecule has 12 nitrogen and oxygen atoms in total. The molecule has 4 saturated carbocycles. The zero-order chi connectivity index (χ0) is 40.8. The van der Waals surface area contributed by atoms with Crippen LogP contribution in [-0.2, 0) is 125 Å². The molecule has 4 aliphatic carbocycles. The van der Waals surface area contributed by atoms with Crippen LogP contribution < -0.4 is 0 Å². The minimum atomic E-state index is 0. The third kappa shape index (κ3) is 278. The van der Waals surface area contributed by atoms with Gasteiger partial charge >= 0.3 is 185 Å². The number of hydrogen-bond acceptors (Lipinski definition) is 1. The first-order valence-corrected chi connectivity index (χ1v) is 16.5. The summed E-state index contributed by atoms with van der Waals surface area (Å²) in [5, 5.41) is 0. The molecule has 0 aromatic carbocycles. The fourth-order valence-corrected chi connectivity index (χ4v) is 1.28. The maximum atomic E-state index is 7.50. The van der Waals surface area contributed by atoms with E-state index in [4.69, 9.17) is 55.8 Å². The Kier molecular flexibility index (Phi) is 570. The van der Waals surface area contributed by atoms with E-state index in [2.05, 4.69) is 79.8 Å². The third-order valence-electron chi connectivity index (χ3n) is 2.22. The molecule has 260 valence electrons. The van der Waals surface area contributed by atoms with Crippen LogP contribution >= 0.6 is 5.94 Å². The molecule has 0 unspecified atom stereocenters. The molecule has 19 heteroatoms. The van der Waals surface area contributed by atoms with Crippen molar-refractivity contribution in [3.05, 3.63) is 208 Å². The molecule has 0 saturated heterocycles. The standard InChI is InChI=1S/4C5H5.12CO.4Cr.S.2Sb/c4*1-2-4-5-3-1;12*1-2;;;;;;;/h4*1-5H;;;;;;;;;;;;;;;;;;;. The Morgan fingerprint density at radius 3 is 0.235 bits per heavy atom. The van der Waals surface area contributed by atoms with Gasteiger partial charge in [0.05, 0.1) is 0 Å². The van der Waals surface area contributed by atoms with Crippen molar-refractivity contribution in [1.82, 2.24) is 0 Å². The second kappa shape index (κ2) is 263. The van der Waals surface area contributed by atoms with E-state index in [0.717, 1.165) is 0 Å². The van der Waals surface area contributed by atoms with Crippen LogP contribution in [-0.4, -0.2) is 43.2 Å². The van der Waals surface area contributed by atoms with E-state index in [-0.39, 0.29) is 69.4 Å². The molecular formula is C32H20Cr4O12SSb2. The average Bonchev–Trinajstić information content (AvgIpc) is 4.09. The maximum absolute atomic E-state index is 7.50. The Bertz CT molecular complexity index is 469. The van der Waals surface area contributed by atoms with E-state index >= 15 is 0 Å². The normalized spacial score (nSPS) is 10.2. The second-order valence-corrected chi connectivity index (χ2v) is 14.9. The summed E-state index contributed by atoms with van der Waals surface area (Å²) >= 11 is 3.58. The molecular weight excluding hydrogens is 1060 g/mol. The van der Waals surface area contributed by atoms with Gasteiger partial charge in [-0.05, 0) is 128 Å². The van der Waals surface area contributed by atoms with Crippen LogP contribution in [0.15, 0.2) is 0 Å². The zero-order valence-corrected chi connectivity index (χ0v) is 36.4. The molecule has 4 aliphatic rings. The van der Waals surface area contributed by atoms with E-state index < -0.39 is 0 Å². The Balaban J connectivity index is -0.0000000164. The van der Waals surface area contributed by atoms with Gasteiger partial charge in [0, 0.05) is 69.4 Å². The fourth-order valence-electron chi connectivity index (χ4n) is 1.28. The van der Waals surface area contributed by atoms with E-state index in [0.29, 0.717) is 0 Å². The third-order valence-corrected chi connectivity index (χ3v) is 2.22. The van der Waals surface area contributed by atoms with Crippen molar-refractivity contribution in [2.45, 2.75) is 0 Å². The molecule has 4 fully saturated rings. The predicted octanol–water partition coefficient (Wildman–Crippen LogP) is 3.51. The summed E-state index contributed by atoms with van der Waals surface area (Å²) in [6.45, 7) is 54.0. The van der Waals surface area contributed by atoms with Crippen LogP contribution in [0.5, 0.6) is 0 Å². The van der Waals surface area contributed by atoms with E-state index in [9.17, 15) is 0 Å². The van der Waals surface area contributed by atoms with Crippen molar-refractivity contribution in [3.63, 3.8) is 0 Å². The number of rotatable bonds is 0. The van der Waals surface area contributed by atoms with Crippen LogP contribution in [0.3, 0.4) is 0 Å². The van der Waals surface area contributed by atoms with Crippen LogP contribution in [0.2, 0.25) is 0 Å². The summed E-state index contributed by atoms with van der Waals surface area (Å²) in [6.07, 6.45) is 40.0. The van der Waals surface area contributed by atoms with Crippen LogP contribution in [0, 0.1) is 208 Å². The van der Waals surface area contributed by atoms with Gasteiger partial charge in [-0.3, -0.25) is 0 Å². The zero-order valence-electron chi connectivity index (χ0n) is 25.4. The van der Waals surface area contributed by atoms with Crippen molar-refractivity contribution in [1.29, 1.82) is 0 Å². The molecule has 0 bridgehead atoms.